The lowest BCUT2D eigenvalue weighted by Crippen LogP contribution is -2.39. The van der Waals surface area contributed by atoms with Crippen molar-refractivity contribution in [1.82, 2.24) is 19.5 Å². The summed E-state index contributed by atoms with van der Waals surface area (Å²) in [5.41, 5.74) is 1.52. The second-order valence-electron chi connectivity index (χ2n) is 6.27. The van der Waals surface area contributed by atoms with Crippen LogP contribution in [0.5, 0.6) is 0 Å². The number of hydrogen-bond acceptors (Lipinski definition) is 3. The standard InChI is InChI=1S/C16H20N4O/c21-16(13-7-8-15-18-17-11-19(15)10-13)20-9-3-6-14(20)12-4-1-2-5-12/h7-8,10-12,14H,1-6,9H2/t14-/m1/s1. The Morgan fingerprint density at radius 1 is 1.14 bits per heavy atom. The van der Waals surface area contributed by atoms with Crippen LogP contribution in [-0.2, 0) is 0 Å². The largest absolute Gasteiger partial charge is 0.335 e. The maximum atomic E-state index is 12.9. The van der Waals surface area contributed by atoms with Gasteiger partial charge in [-0.15, -0.1) is 10.2 Å². The molecular formula is C16H20N4O. The summed E-state index contributed by atoms with van der Waals surface area (Å²) in [4.78, 5) is 15.0. The van der Waals surface area contributed by atoms with Crippen molar-refractivity contribution in [3.63, 3.8) is 0 Å². The van der Waals surface area contributed by atoms with Gasteiger partial charge in [0.05, 0.1) is 5.56 Å². The van der Waals surface area contributed by atoms with Crippen molar-refractivity contribution in [3.8, 4) is 0 Å². The van der Waals surface area contributed by atoms with E-state index >= 15 is 0 Å². The Morgan fingerprint density at radius 3 is 2.86 bits per heavy atom. The maximum absolute atomic E-state index is 12.9. The molecule has 0 spiro atoms. The third-order valence-corrected chi connectivity index (χ3v) is 5.04. The third-order valence-electron chi connectivity index (χ3n) is 5.04. The third kappa shape index (κ3) is 2.20. The predicted octanol–water partition coefficient (Wildman–Crippen LogP) is 2.52. The van der Waals surface area contributed by atoms with E-state index in [4.69, 9.17) is 0 Å². The van der Waals surface area contributed by atoms with Crippen molar-refractivity contribution in [2.45, 2.75) is 44.6 Å². The highest BCUT2D eigenvalue weighted by Gasteiger charge is 2.36. The molecule has 2 aliphatic rings. The van der Waals surface area contributed by atoms with Crippen LogP contribution in [0.25, 0.3) is 5.65 Å². The molecule has 3 heterocycles. The van der Waals surface area contributed by atoms with Crippen molar-refractivity contribution < 1.29 is 4.79 Å². The van der Waals surface area contributed by atoms with Crippen LogP contribution < -0.4 is 0 Å². The van der Waals surface area contributed by atoms with Gasteiger partial charge in [0.15, 0.2) is 5.65 Å². The average molecular weight is 284 g/mol. The van der Waals surface area contributed by atoms with E-state index in [-0.39, 0.29) is 5.91 Å². The van der Waals surface area contributed by atoms with Crippen LogP contribution in [0.4, 0.5) is 0 Å². The van der Waals surface area contributed by atoms with Crippen molar-refractivity contribution in [2.24, 2.45) is 5.92 Å². The molecule has 1 atom stereocenters. The normalized spacial score (nSPS) is 23.2. The molecule has 1 aliphatic heterocycles. The first-order valence-electron chi connectivity index (χ1n) is 7.93. The highest BCUT2D eigenvalue weighted by atomic mass is 16.2. The van der Waals surface area contributed by atoms with Crippen LogP contribution in [-0.4, -0.2) is 38.0 Å². The van der Waals surface area contributed by atoms with Crippen LogP contribution >= 0.6 is 0 Å². The molecule has 0 N–H and O–H groups in total. The van der Waals surface area contributed by atoms with Crippen LogP contribution in [0.15, 0.2) is 24.7 Å². The summed E-state index contributed by atoms with van der Waals surface area (Å²) < 4.78 is 1.81. The van der Waals surface area contributed by atoms with Crippen LogP contribution in [0.2, 0.25) is 0 Å². The van der Waals surface area contributed by atoms with E-state index in [0.29, 0.717) is 6.04 Å². The predicted molar refractivity (Wildman–Crippen MR) is 79.0 cm³/mol. The smallest absolute Gasteiger partial charge is 0.255 e. The number of amides is 1. The molecule has 21 heavy (non-hydrogen) atoms. The van der Waals surface area contributed by atoms with E-state index < -0.39 is 0 Å². The van der Waals surface area contributed by atoms with Gasteiger partial charge in [0.25, 0.3) is 5.91 Å². The SMILES string of the molecule is O=C(c1ccc2nncn2c1)N1CCC[C@@H]1C1CCCC1. The Kier molecular flexibility index (Phi) is 3.13. The molecule has 0 bridgehead atoms. The van der Waals surface area contributed by atoms with Crippen LogP contribution in [0, 0.1) is 5.92 Å². The fourth-order valence-corrected chi connectivity index (χ4v) is 4.00. The molecule has 2 aromatic rings. The molecule has 2 aromatic heterocycles. The molecule has 5 nitrogen and oxygen atoms in total. The number of aromatic nitrogens is 3. The van der Waals surface area contributed by atoms with Crippen LogP contribution in [0.1, 0.15) is 48.9 Å². The quantitative estimate of drug-likeness (QED) is 0.851. The van der Waals surface area contributed by atoms with Gasteiger partial charge in [0.1, 0.15) is 6.33 Å². The average Bonchev–Trinajstić information content (AvgIpc) is 3.24. The molecule has 1 saturated heterocycles. The fourth-order valence-electron chi connectivity index (χ4n) is 4.00. The van der Waals surface area contributed by atoms with Crippen molar-refractivity contribution in [1.29, 1.82) is 0 Å². The van der Waals surface area contributed by atoms with E-state index in [2.05, 4.69) is 15.1 Å². The number of carbonyl (C=O) groups is 1. The Morgan fingerprint density at radius 2 is 2.00 bits per heavy atom. The summed E-state index contributed by atoms with van der Waals surface area (Å²) in [5.74, 6) is 0.884. The number of rotatable bonds is 2. The molecular weight excluding hydrogens is 264 g/mol. The first kappa shape index (κ1) is 12.8. The van der Waals surface area contributed by atoms with Crippen molar-refractivity contribution >= 4 is 11.6 Å². The number of carbonyl (C=O) groups excluding carboxylic acids is 1. The molecule has 4 rings (SSSR count). The van der Waals surface area contributed by atoms with Gasteiger partial charge in [-0.3, -0.25) is 9.20 Å². The van der Waals surface area contributed by atoms with Gasteiger partial charge >= 0.3 is 0 Å². The summed E-state index contributed by atoms with van der Waals surface area (Å²) in [6.07, 6.45) is 11.0. The zero-order valence-electron chi connectivity index (χ0n) is 12.1. The lowest BCUT2D eigenvalue weighted by molar-refractivity contribution is 0.0688. The van der Waals surface area contributed by atoms with E-state index in [9.17, 15) is 4.79 Å². The lowest BCUT2D eigenvalue weighted by Gasteiger charge is -2.29. The number of hydrogen-bond donors (Lipinski definition) is 0. The molecule has 110 valence electrons. The first-order valence-corrected chi connectivity index (χ1v) is 7.93. The topological polar surface area (TPSA) is 50.5 Å². The van der Waals surface area contributed by atoms with Gasteiger partial charge in [-0.1, -0.05) is 12.8 Å². The van der Waals surface area contributed by atoms with E-state index in [1.165, 1.54) is 32.1 Å². The van der Waals surface area contributed by atoms with Gasteiger partial charge in [0, 0.05) is 18.8 Å². The number of likely N-dealkylation sites (tertiary alicyclic amines) is 1. The second kappa shape index (κ2) is 5.13. The molecule has 1 saturated carbocycles. The summed E-state index contributed by atoms with van der Waals surface area (Å²) in [6.45, 7) is 0.903. The molecule has 1 aliphatic carbocycles. The lowest BCUT2D eigenvalue weighted by atomic mass is 9.95. The second-order valence-corrected chi connectivity index (χ2v) is 6.27. The minimum Gasteiger partial charge on any atom is -0.335 e. The first-order chi connectivity index (χ1) is 10.3. The highest BCUT2D eigenvalue weighted by Crippen LogP contribution is 2.36. The fraction of sp³-hybridized carbons (Fsp3) is 0.562. The van der Waals surface area contributed by atoms with Gasteiger partial charge in [-0.25, -0.2) is 0 Å². The summed E-state index contributed by atoms with van der Waals surface area (Å²) in [5, 5.41) is 7.85. The number of pyridine rings is 1. The molecule has 0 unspecified atom stereocenters. The zero-order chi connectivity index (χ0) is 14.2. The maximum Gasteiger partial charge on any atom is 0.255 e. The highest BCUT2D eigenvalue weighted by molar-refractivity contribution is 5.94. The Labute approximate surface area is 124 Å². The number of fused-ring (bicyclic) bond motifs is 1. The van der Waals surface area contributed by atoms with Crippen molar-refractivity contribution in [3.05, 3.63) is 30.2 Å². The summed E-state index contributed by atoms with van der Waals surface area (Å²) >= 11 is 0. The van der Waals surface area contributed by atoms with E-state index in [0.717, 1.165) is 30.1 Å². The minimum absolute atomic E-state index is 0.167. The summed E-state index contributed by atoms with van der Waals surface area (Å²) in [7, 11) is 0. The molecule has 5 heteroatoms. The Bertz CT molecular complexity index is 659. The van der Waals surface area contributed by atoms with Gasteiger partial charge in [-0.05, 0) is 43.7 Å². The van der Waals surface area contributed by atoms with Gasteiger partial charge in [0.2, 0.25) is 0 Å². The van der Waals surface area contributed by atoms with Gasteiger partial charge < -0.3 is 4.90 Å². The molecule has 1 amide bonds. The molecule has 2 fully saturated rings. The van der Waals surface area contributed by atoms with E-state index in [1.807, 2.05) is 22.7 Å². The minimum atomic E-state index is 0.167. The van der Waals surface area contributed by atoms with Gasteiger partial charge in [-0.2, -0.15) is 0 Å². The molecule has 0 radical (unpaired) electrons. The number of nitrogens with zero attached hydrogens (tertiary/aromatic N) is 4. The van der Waals surface area contributed by atoms with Crippen LogP contribution in [0.3, 0.4) is 0 Å². The zero-order valence-corrected chi connectivity index (χ0v) is 12.1. The Balaban J connectivity index is 1.60. The monoisotopic (exact) mass is 284 g/mol. The summed E-state index contributed by atoms with van der Waals surface area (Å²) in [6, 6.07) is 4.19. The molecule has 0 aromatic carbocycles. The Hall–Kier alpha value is -1.91. The van der Waals surface area contributed by atoms with Crippen molar-refractivity contribution in [2.75, 3.05) is 6.54 Å². The van der Waals surface area contributed by atoms with E-state index in [1.54, 1.807) is 6.33 Å².